The molecule has 0 saturated carbocycles. The third-order valence-electron chi connectivity index (χ3n) is 2.26. The van der Waals surface area contributed by atoms with Crippen LogP contribution in [0.3, 0.4) is 0 Å². The summed E-state index contributed by atoms with van der Waals surface area (Å²) < 4.78 is 0. The van der Waals surface area contributed by atoms with Gasteiger partial charge in [-0.2, -0.15) is 0 Å². The van der Waals surface area contributed by atoms with Crippen LogP contribution >= 0.6 is 0 Å². The topological polar surface area (TPSA) is 124 Å². The van der Waals surface area contributed by atoms with E-state index in [1.54, 1.807) is 0 Å². The molecule has 0 aliphatic rings. The van der Waals surface area contributed by atoms with Crippen LogP contribution in [0.5, 0.6) is 0 Å². The van der Waals surface area contributed by atoms with E-state index in [9.17, 15) is 9.90 Å². The quantitative estimate of drug-likeness (QED) is 0.570. The van der Waals surface area contributed by atoms with Gasteiger partial charge in [0.15, 0.2) is 17.5 Å². The van der Waals surface area contributed by atoms with Crippen LogP contribution in [0, 0.1) is 0 Å². The molecule has 2 aromatic rings. The molecular weight excluding hydrogens is 226 g/mol. The Morgan fingerprint density at radius 1 is 1.47 bits per heavy atom. The van der Waals surface area contributed by atoms with E-state index in [1.165, 1.54) is 19.6 Å². The number of aromatic amines is 1. The number of aliphatic carboxylic acids is 1. The lowest BCUT2D eigenvalue weighted by Gasteiger charge is -2.17. The lowest BCUT2D eigenvalue weighted by Crippen LogP contribution is -2.39. The van der Waals surface area contributed by atoms with E-state index in [1.807, 2.05) is 0 Å². The zero-order valence-corrected chi connectivity index (χ0v) is 8.95. The molecule has 0 fully saturated rings. The highest BCUT2D eigenvalue weighted by atomic mass is 16.4. The van der Waals surface area contributed by atoms with Gasteiger partial charge in [-0.15, -0.1) is 0 Å². The molecule has 90 valence electrons. The van der Waals surface area contributed by atoms with Crippen molar-refractivity contribution < 1.29 is 15.0 Å². The summed E-state index contributed by atoms with van der Waals surface area (Å²) >= 11 is 0. The third kappa shape index (κ3) is 2.16. The van der Waals surface area contributed by atoms with Crippen molar-refractivity contribution in [2.24, 2.45) is 0 Å². The summed E-state index contributed by atoms with van der Waals surface area (Å²) in [6.07, 6.45) is 1.65. The molecule has 8 nitrogen and oxygen atoms in total. The molecule has 8 heteroatoms. The van der Waals surface area contributed by atoms with E-state index < -0.39 is 18.1 Å². The number of H-pyrrole nitrogens is 1. The highest BCUT2D eigenvalue weighted by molar-refractivity contribution is 5.85. The third-order valence-corrected chi connectivity index (χ3v) is 2.26. The minimum Gasteiger partial charge on any atom is -0.480 e. The average Bonchev–Trinajstić information content (AvgIpc) is 2.73. The first-order chi connectivity index (χ1) is 8.09. The molecule has 2 heterocycles. The van der Waals surface area contributed by atoms with Gasteiger partial charge < -0.3 is 20.5 Å². The first kappa shape index (κ1) is 11.3. The summed E-state index contributed by atoms with van der Waals surface area (Å²) in [5.41, 5.74) is 0.927. The van der Waals surface area contributed by atoms with Gasteiger partial charge in [-0.3, -0.25) is 0 Å². The Morgan fingerprint density at radius 2 is 2.24 bits per heavy atom. The van der Waals surface area contributed by atoms with Gasteiger partial charge in [-0.1, -0.05) is 0 Å². The fourth-order valence-corrected chi connectivity index (χ4v) is 1.41. The molecule has 0 amide bonds. The summed E-state index contributed by atoms with van der Waals surface area (Å²) in [4.78, 5) is 25.5. The molecule has 2 aromatic heterocycles. The molecule has 2 rings (SSSR count). The number of aliphatic hydroxyl groups is 1. The number of carboxylic acids is 1. The van der Waals surface area contributed by atoms with E-state index in [-0.39, 0.29) is 0 Å². The first-order valence-electron chi connectivity index (χ1n) is 4.91. The second-order valence-electron chi connectivity index (χ2n) is 3.52. The van der Waals surface area contributed by atoms with Gasteiger partial charge >= 0.3 is 5.97 Å². The van der Waals surface area contributed by atoms with Crippen molar-refractivity contribution in [2.45, 2.75) is 19.1 Å². The lowest BCUT2D eigenvalue weighted by molar-refractivity contribution is -0.140. The number of carbonyl (C=O) groups is 1. The number of aromatic nitrogens is 4. The molecule has 0 aliphatic carbocycles. The normalized spacial score (nSPS) is 14.5. The Morgan fingerprint density at radius 3 is 2.88 bits per heavy atom. The molecule has 0 aromatic carbocycles. The van der Waals surface area contributed by atoms with E-state index in [0.717, 1.165) is 0 Å². The molecule has 0 aliphatic heterocycles. The highest BCUT2D eigenvalue weighted by Crippen LogP contribution is 2.16. The van der Waals surface area contributed by atoms with Crippen molar-refractivity contribution in [1.29, 1.82) is 0 Å². The smallest absolute Gasteiger partial charge is 0.328 e. The van der Waals surface area contributed by atoms with Crippen LogP contribution in [0.15, 0.2) is 12.7 Å². The Bertz CT molecular complexity index is 538. The fourth-order valence-electron chi connectivity index (χ4n) is 1.41. The minimum atomic E-state index is -1.16. The predicted molar refractivity (Wildman–Crippen MR) is 58.4 cm³/mol. The number of aliphatic hydroxyl groups excluding tert-OH is 1. The molecule has 0 spiro atoms. The Kier molecular flexibility index (Phi) is 2.88. The summed E-state index contributed by atoms with van der Waals surface area (Å²) in [5, 5.41) is 20.9. The van der Waals surface area contributed by atoms with Crippen molar-refractivity contribution in [3.05, 3.63) is 12.7 Å². The van der Waals surface area contributed by atoms with Crippen molar-refractivity contribution >= 4 is 23.0 Å². The van der Waals surface area contributed by atoms with E-state index in [2.05, 4.69) is 25.3 Å². The van der Waals surface area contributed by atoms with E-state index in [4.69, 9.17) is 5.11 Å². The van der Waals surface area contributed by atoms with Crippen LogP contribution < -0.4 is 5.32 Å². The summed E-state index contributed by atoms with van der Waals surface area (Å²) in [7, 11) is 0. The average molecular weight is 237 g/mol. The van der Waals surface area contributed by atoms with Crippen LogP contribution in [0.4, 0.5) is 5.82 Å². The van der Waals surface area contributed by atoms with Gasteiger partial charge in [0.2, 0.25) is 0 Å². The number of imidazole rings is 1. The first-order valence-corrected chi connectivity index (χ1v) is 4.91. The Balaban J connectivity index is 2.34. The SMILES string of the molecule is C[C@H](O)[C@@H](Nc1ncnc2nc[nH]c12)C(=O)O. The largest absolute Gasteiger partial charge is 0.480 e. The summed E-state index contributed by atoms with van der Waals surface area (Å²) in [6.45, 7) is 1.39. The van der Waals surface area contributed by atoms with Crippen LogP contribution in [0.2, 0.25) is 0 Å². The number of anilines is 1. The van der Waals surface area contributed by atoms with Crippen LogP contribution in [-0.2, 0) is 4.79 Å². The maximum Gasteiger partial charge on any atom is 0.328 e. The Labute approximate surface area is 95.7 Å². The van der Waals surface area contributed by atoms with Gasteiger partial charge in [-0.25, -0.2) is 19.7 Å². The van der Waals surface area contributed by atoms with Gasteiger partial charge in [-0.05, 0) is 6.92 Å². The van der Waals surface area contributed by atoms with Gasteiger partial charge in [0, 0.05) is 0 Å². The zero-order chi connectivity index (χ0) is 12.4. The van der Waals surface area contributed by atoms with Crippen LogP contribution in [-0.4, -0.2) is 48.3 Å². The van der Waals surface area contributed by atoms with Crippen molar-refractivity contribution in [1.82, 2.24) is 19.9 Å². The maximum absolute atomic E-state index is 10.9. The van der Waals surface area contributed by atoms with E-state index in [0.29, 0.717) is 17.0 Å². The molecule has 0 bridgehead atoms. The molecule has 0 radical (unpaired) electrons. The number of fused-ring (bicyclic) bond motifs is 1. The molecule has 17 heavy (non-hydrogen) atoms. The second kappa shape index (κ2) is 4.34. The monoisotopic (exact) mass is 237 g/mol. The molecule has 0 unspecified atom stereocenters. The number of rotatable bonds is 4. The van der Waals surface area contributed by atoms with Crippen LogP contribution in [0.1, 0.15) is 6.92 Å². The van der Waals surface area contributed by atoms with Crippen LogP contribution in [0.25, 0.3) is 11.2 Å². The van der Waals surface area contributed by atoms with Crippen molar-refractivity contribution in [3.63, 3.8) is 0 Å². The fraction of sp³-hybridized carbons (Fsp3) is 0.333. The predicted octanol–water partition coefficient (Wildman–Crippen LogP) is -0.401. The maximum atomic E-state index is 10.9. The van der Waals surface area contributed by atoms with Gasteiger partial charge in [0.1, 0.15) is 11.8 Å². The molecule has 2 atom stereocenters. The number of nitrogens with zero attached hydrogens (tertiary/aromatic N) is 3. The van der Waals surface area contributed by atoms with E-state index >= 15 is 0 Å². The number of nitrogens with one attached hydrogen (secondary N) is 2. The molecule has 0 saturated heterocycles. The summed E-state index contributed by atoms with van der Waals surface area (Å²) in [6, 6.07) is -1.14. The lowest BCUT2D eigenvalue weighted by atomic mass is 10.2. The highest BCUT2D eigenvalue weighted by Gasteiger charge is 2.24. The standard InChI is InChI=1S/C9H11N5O3/c1-4(15)5(9(16)17)14-8-6-7(11-2-10-6)12-3-13-8/h2-5,15H,1H3,(H,16,17)(H2,10,11,12,13,14)/t4-,5+/m0/s1. The second-order valence-corrected chi connectivity index (χ2v) is 3.52. The zero-order valence-electron chi connectivity index (χ0n) is 8.95. The van der Waals surface area contributed by atoms with Gasteiger partial charge in [0.05, 0.1) is 12.4 Å². The minimum absolute atomic E-state index is 0.292. The number of hydrogen-bond donors (Lipinski definition) is 4. The molecule has 4 N–H and O–H groups in total. The van der Waals surface area contributed by atoms with Gasteiger partial charge in [0.25, 0.3) is 0 Å². The Hall–Kier alpha value is -2.22. The number of hydrogen-bond acceptors (Lipinski definition) is 6. The van der Waals surface area contributed by atoms with Crippen molar-refractivity contribution in [3.8, 4) is 0 Å². The van der Waals surface area contributed by atoms with Crippen molar-refractivity contribution in [2.75, 3.05) is 5.32 Å². The molecular formula is C9H11N5O3. The summed E-state index contributed by atoms with van der Waals surface area (Å²) in [5.74, 6) is -0.868. The number of carboxylic acid groups (broad SMARTS) is 1.